The van der Waals surface area contributed by atoms with Crippen LogP contribution in [-0.4, -0.2) is 34.3 Å². The number of fused-ring (bicyclic) bond motifs is 2. The summed E-state index contributed by atoms with van der Waals surface area (Å²) in [4.78, 5) is 14.1. The van der Waals surface area contributed by atoms with Crippen LogP contribution in [0.25, 0.3) is 10.9 Å². The zero-order chi connectivity index (χ0) is 15.1. The van der Waals surface area contributed by atoms with Crippen molar-refractivity contribution >= 4 is 17.0 Å². The van der Waals surface area contributed by atoms with Crippen molar-refractivity contribution in [3.05, 3.63) is 24.0 Å². The first kappa shape index (κ1) is 13.5. The van der Waals surface area contributed by atoms with E-state index in [0.29, 0.717) is 22.7 Å². The number of rotatable bonds is 1. The Hall–Kier alpha value is -2.11. The molecule has 0 spiro atoms. The molecule has 1 aromatic carbocycles. The maximum absolute atomic E-state index is 13.2. The molecule has 1 saturated carbocycles. The molecule has 2 unspecified atom stereocenters. The molecule has 6 heteroatoms. The number of halogens is 1. The second-order valence-electron chi connectivity index (χ2n) is 6.30. The minimum absolute atomic E-state index is 0.217. The fraction of sp³-hybridized carbons (Fsp3) is 0.500. The van der Waals surface area contributed by atoms with Gasteiger partial charge in [-0.25, -0.2) is 9.18 Å². The second kappa shape index (κ2) is 5.26. The average Bonchev–Trinajstić information content (AvgIpc) is 3.11. The Bertz CT molecular complexity index is 700. The Morgan fingerprint density at radius 3 is 2.73 bits per heavy atom. The predicted molar refractivity (Wildman–Crippen MR) is 79.1 cm³/mol. The second-order valence-corrected chi connectivity index (χ2v) is 6.30. The highest BCUT2D eigenvalue weighted by Gasteiger charge is 2.37. The molecular formula is C16H18FN3O2. The van der Waals surface area contributed by atoms with Crippen LogP contribution < -0.4 is 4.74 Å². The average molecular weight is 303 g/mol. The number of carbonyl (C=O) groups is 1. The summed E-state index contributed by atoms with van der Waals surface area (Å²) in [6, 6.07) is 4.24. The van der Waals surface area contributed by atoms with Crippen LogP contribution in [-0.2, 0) is 0 Å². The van der Waals surface area contributed by atoms with E-state index in [1.54, 1.807) is 11.0 Å². The number of nitrogens with zero attached hydrogens (tertiary/aromatic N) is 2. The fourth-order valence-electron chi connectivity index (χ4n) is 3.75. The van der Waals surface area contributed by atoms with Gasteiger partial charge in [-0.05, 0) is 42.9 Å². The Morgan fingerprint density at radius 1 is 1.27 bits per heavy atom. The molecule has 1 saturated heterocycles. The van der Waals surface area contributed by atoms with Gasteiger partial charge in [0.25, 0.3) is 5.88 Å². The SMILES string of the molecule is O=C(Oc1n[nH]c2cc(F)ccc12)N1CC2CCCCC2C1. The number of benzene rings is 1. The highest BCUT2D eigenvalue weighted by Crippen LogP contribution is 2.36. The zero-order valence-electron chi connectivity index (χ0n) is 12.2. The van der Waals surface area contributed by atoms with Crippen molar-refractivity contribution in [1.82, 2.24) is 15.1 Å². The minimum Gasteiger partial charge on any atom is -0.389 e. The highest BCUT2D eigenvalue weighted by molar-refractivity contribution is 5.86. The first-order valence-corrected chi connectivity index (χ1v) is 7.81. The molecule has 1 aromatic heterocycles. The third-order valence-electron chi connectivity index (χ3n) is 4.91. The number of aromatic nitrogens is 2. The van der Waals surface area contributed by atoms with Crippen molar-refractivity contribution < 1.29 is 13.9 Å². The van der Waals surface area contributed by atoms with Crippen LogP contribution in [0.4, 0.5) is 9.18 Å². The predicted octanol–water partition coefficient (Wildman–Crippen LogP) is 3.32. The van der Waals surface area contributed by atoms with E-state index >= 15 is 0 Å². The molecule has 2 heterocycles. The molecule has 2 fully saturated rings. The number of likely N-dealkylation sites (tertiary alicyclic amines) is 1. The number of hydrogen-bond donors (Lipinski definition) is 1. The number of hydrogen-bond acceptors (Lipinski definition) is 3. The van der Waals surface area contributed by atoms with E-state index in [0.717, 1.165) is 13.1 Å². The lowest BCUT2D eigenvalue weighted by Gasteiger charge is -2.22. The van der Waals surface area contributed by atoms with E-state index in [-0.39, 0.29) is 17.8 Å². The van der Waals surface area contributed by atoms with Crippen molar-refractivity contribution in [2.24, 2.45) is 11.8 Å². The summed E-state index contributed by atoms with van der Waals surface area (Å²) < 4.78 is 18.6. The first-order chi connectivity index (χ1) is 10.7. The number of ether oxygens (including phenoxy) is 1. The van der Waals surface area contributed by atoms with Gasteiger partial charge >= 0.3 is 6.09 Å². The van der Waals surface area contributed by atoms with E-state index in [2.05, 4.69) is 10.2 Å². The molecule has 1 amide bonds. The molecule has 1 aliphatic heterocycles. The topological polar surface area (TPSA) is 58.2 Å². The zero-order valence-corrected chi connectivity index (χ0v) is 12.2. The van der Waals surface area contributed by atoms with Gasteiger partial charge in [-0.15, -0.1) is 5.10 Å². The molecule has 116 valence electrons. The summed E-state index contributed by atoms with van der Waals surface area (Å²) in [5.41, 5.74) is 0.526. The minimum atomic E-state index is -0.355. The van der Waals surface area contributed by atoms with Gasteiger partial charge in [-0.1, -0.05) is 12.8 Å². The Kier molecular flexibility index (Phi) is 3.24. The quantitative estimate of drug-likeness (QED) is 0.879. The molecule has 22 heavy (non-hydrogen) atoms. The molecule has 4 rings (SSSR count). The van der Waals surface area contributed by atoms with Crippen molar-refractivity contribution in [2.45, 2.75) is 25.7 Å². The first-order valence-electron chi connectivity index (χ1n) is 7.81. The highest BCUT2D eigenvalue weighted by atomic mass is 19.1. The van der Waals surface area contributed by atoms with Crippen LogP contribution in [0.3, 0.4) is 0 Å². The van der Waals surface area contributed by atoms with Gasteiger partial charge in [0.05, 0.1) is 10.9 Å². The lowest BCUT2D eigenvalue weighted by molar-refractivity contribution is 0.159. The molecule has 2 aromatic rings. The lowest BCUT2D eigenvalue weighted by Crippen LogP contribution is -2.31. The van der Waals surface area contributed by atoms with Gasteiger partial charge in [0.2, 0.25) is 0 Å². The Balaban J connectivity index is 1.49. The molecule has 2 atom stereocenters. The molecule has 1 N–H and O–H groups in total. The Morgan fingerprint density at radius 2 is 2.00 bits per heavy atom. The number of amides is 1. The van der Waals surface area contributed by atoms with Crippen LogP contribution in [0.5, 0.6) is 5.88 Å². The van der Waals surface area contributed by atoms with Gasteiger partial charge in [-0.2, -0.15) is 0 Å². The van der Waals surface area contributed by atoms with Crippen LogP contribution in [0, 0.1) is 17.7 Å². The summed E-state index contributed by atoms with van der Waals surface area (Å²) in [5, 5.41) is 7.28. The van der Waals surface area contributed by atoms with E-state index < -0.39 is 0 Å². The molecule has 5 nitrogen and oxygen atoms in total. The molecule has 1 aliphatic carbocycles. The molecular weight excluding hydrogens is 285 g/mol. The van der Waals surface area contributed by atoms with Crippen LogP contribution >= 0.6 is 0 Å². The smallest absolute Gasteiger partial charge is 0.389 e. The van der Waals surface area contributed by atoms with E-state index in [1.807, 2.05) is 0 Å². The third-order valence-corrected chi connectivity index (χ3v) is 4.91. The molecule has 0 bridgehead atoms. The van der Waals surface area contributed by atoms with Crippen LogP contribution in [0.1, 0.15) is 25.7 Å². The largest absolute Gasteiger partial charge is 0.416 e. The van der Waals surface area contributed by atoms with E-state index in [9.17, 15) is 9.18 Å². The van der Waals surface area contributed by atoms with Gasteiger partial charge < -0.3 is 9.64 Å². The Labute approximate surface area is 127 Å². The van der Waals surface area contributed by atoms with E-state index in [4.69, 9.17) is 4.74 Å². The number of H-pyrrole nitrogens is 1. The summed E-state index contributed by atoms with van der Waals surface area (Å²) in [6.45, 7) is 1.56. The van der Waals surface area contributed by atoms with Crippen LogP contribution in [0.2, 0.25) is 0 Å². The van der Waals surface area contributed by atoms with Gasteiger partial charge in [0.15, 0.2) is 0 Å². The molecule has 0 radical (unpaired) electrons. The number of aromatic amines is 1. The monoisotopic (exact) mass is 303 g/mol. The number of carbonyl (C=O) groups excluding carboxylic acids is 1. The maximum atomic E-state index is 13.2. The normalized spacial score (nSPS) is 24.5. The van der Waals surface area contributed by atoms with Crippen molar-refractivity contribution in [2.75, 3.05) is 13.1 Å². The summed E-state index contributed by atoms with van der Waals surface area (Å²) in [7, 11) is 0. The summed E-state index contributed by atoms with van der Waals surface area (Å²) >= 11 is 0. The van der Waals surface area contributed by atoms with Crippen molar-refractivity contribution in [1.29, 1.82) is 0 Å². The van der Waals surface area contributed by atoms with Gasteiger partial charge in [0, 0.05) is 13.1 Å². The fourth-order valence-corrected chi connectivity index (χ4v) is 3.75. The van der Waals surface area contributed by atoms with Crippen molar-refractivity contribution in [3.63, 3.8) is 0 Å². The standard InChI is InChI=1S/C16H18FN3O2/c17-12-5-6-13-14(7-12)18-19-15(13)22-16(21)20-8-10-3-1-2-4-11(10)9-20/h5-7,10-11H,1-4,8-9H2,(H,18,19). The third kappa shape index (κ3) is 2.32. The van der Waals surface area contributed by atoms with Gasteiger partial charge in [0.1, 0.15) is 5.82 Å². The summed E-state index contributed by atoms with van der Waals surface area (Å²) in [5.74, 6) is 1.10. The van der Waals surface area contributed by atoms with Crippen LogP contribution in [0.15, 0.2) is 18.2 Å². The lowest BCUT2D eigenvalue weighted by atomic mass is 9.82. The summed E-state index contributed by atoms with van der Waals surface area (Å²) in [6.07, 6.45) is 4.59. The molecule has 2 aliphatic rings. The maximum Gasteiger partial charge on any atom is 0.416 e. The van der Waals surface area contributed by atoms with E-state index in [1.165, 1.54) is 37.8 Å². The van der Waals surface area contributed by atoms with Crippen molar-refractivity contribution in [3.8, 4) is 5.88 Å². The van der Waals surface area contributed by atoms with Gasteiger partial charge in [-0.3, -0.25) is 5.10 Å². The number of nitrogens with one attached hydrogen (secondary N) is 1.